The van der Waals surface area contributed by atoms with E-state index >= 15 is 0 Å². The number of nitrogens with two attached hydrogens (primary N) is 1. The lowest BCUT2D eigenvalue weighted by molar-refractivity contribution is -0.133. The maximum absolute atomic E-state index is 13.6. The number of benzene rings is 2. The second-order valence-corrected chi connectivity index (χ2v) is 8.47. The molecule has 2 aromatic heterocycles. The van der Waals surface area contributed by atoms with E-state index in [2.05, 4.69) is 20.2 Å². The highest BCUT2D eigenvalue weighted by Crippen LogP contribution is 2.23. The van der Waals surface area contributed by atoms with Crippen molar-refractivity contribution in [1.82, 2.24) is 20.2 Å². The van der Waals surface area contributed by atoms with E-state index in [1.165, 1.54) is 0 Å². The molecule has 35 heavy (non-hydrogen) atoms. The fourth-order valence-corrected chi connectivity index (χ4v) is 4.40. The standard InChI is InChI=1S/C27H26N6O2/c28-25-23-18-21(7-6-19(23)8-13-30-25)26(34)31-24(20-4-2-1-3-5-20)27(35)33-16-14-32(15-17-33)22-9-11-29-12-10-22/h1-13,18,24H,14-17H2,(H2,28,30)(H,31,34). The molecule has 176 valence electrons. The second kappa shape index (κ2) is 9.80. The minimum atomic E-state index is -0.793. The highest BCUT2D eigenvalue weighted by atomic mass is 16.2. The summed E-state index contributed by atoms with van der Waals surface area (Å²) >= 11 is 0. The largest absolute Gasteiger partial charge is 0.383 e. The lowest BCUT2D eigenvalue weighted by Gasteiger charge is -2.37. The first kappa shape index (κ1) is 22.3. The molecule has 3 N–H and O–H groups in total. The highest BCUT2D eigenvalue weighted by Gasteiger charge is 2.30. The zero-order chi connectivity index (χ0) is 24.2. The molecule has 1 fully saturated rings. The summed E-state index contributed by atoms with van der Waals surface area (Å²) in [4.78, 5) is 39.1. The highest BCUT2D eigenvalue weighted by molar-refractivity contribution is 6.02. The summed E-state index contributed by atoms with van der Waals surface area (Å²) in [6, 6.07) is 19.6. The van der Waals surface area contributed by atoms with Crippen LogP contribution in [0.15, 0.2) is 85.3 Å². The summed E-state index contributed by atoms with van der Waals surface area (Å²) in [6.45, 7) is 2.56. The molecule has 0 spiro atoms. The van der Waals surface area contributed by atoms with Gasteiger partial charge < -0.3 is 20.9 Å². The van der Waals surface area contributed by atoms with E-state index in [-0.39, 0.29) is 11.8 Å². The molecule has 5 rings (SSSR count). The third kappa shape index (κ3) is 4.77. The molecular weight excluding hydrogens is 440 g/mol. The van der Waals surface area contributed by atoms with Crippen LogP contribution in [-0.2, 0) is 4.79 Å². The zero-order valence-corrected chi connectivity index (χ0v) is 19.2. The van der Waals surface area contributed by atoms with E-state index in [4.69, 9.17) is 5.73 Å². The van der Waals surface area contributed by atoms with Crippen molar-refractivity contribution >= 4 is 34.1 Å². The molecular formula is C27H26N6O2. The van der Waals surface area contributed by atoms with Gasteiger partial charge >= 0.3 is 0 Å². The fourth-order valence-electron chi connectivity index (χ4n) is 4.40. The van der Waals surface area contributed by atoms with Crippen LogP contribution in [0.1, 0.15) is 22.0 Å². The smallest absolute Gasteiger partial charge is 0.252 e. The predicted molar refractivity (Wildman–Crippen MR) is 136 cm³/mol. The van der Waals surface area contributed by atoms with Crippen molar-refractivity contribution in [1.29, 1.82) is 0 Å². The monoisotopic (exact) mass is 466 g/mol. The van der Waals surface area contributed by atoms with Gasteiger partial charge in [0, 0.05) is 61.4 Å². The van der Waals surface area contributed by atoms with Gasteiger partial charge in [-0.3, -0.25) is 14.6 Å². The average Bonchev–Trinajstić information content (AvgIpc) is 2.92. The van der Waals surface area contributed by atoms with Crippen LogP contribution in [0, 0.1) is 0 Å². The van der Waals surface area contributed by atoms with E-state index in [0.717, 1.165) is 16.6 Å². The van der Waals surface area contributed by atoms with Crippen molar-refractivity contribution in [2.75, 3.05) is 36.8 Å². The number of amides is 2. The van der Waals surface area contributed by atoms with Gasteiger partial charge in [0.25, 0.3) is 5.91 Å². The van der Waals surface area contributed by atoms with Crippen LogP contribution in [0.4, 0.5) is 11.5 Å². The molecule has 8 nitrogen and oxygen atoms in total. The molecule has 1 atom stereocenters. The number of carbonyl (C=O) groups excluding carboxylic acids is 2. The van der Waals surface area contributed by atoms with Crippen LogP contribution in [-0.4, -0.2) is 52.9 Å². The lowest BCUT2D eigenvalue weighted by Crippen LogP contribution is -2.52. The number of nitrogens with zero attached hydrogens (tertiary/aromatic N) is 4. The lowest BCUT2D eigenvalue weighted by atomic mass is 10.0. The van der Waals surface area contributed by atoms with E-state index in [0.29, 0.717) is 42.9 Å². The van der Waals surface area contributed by atoms with Crippen LogP contribution in [0.3, 0.4) is 0 Å². The maximum Gasteiger partial charge on any atom is 0.252 e. The summed E-state index contributed by atoms with van der Waals surface area (Å²) in [7, 11) is 0. The van der Waals surface area contributed by atoms with Crippen molar-refractivity contribution in [2.45, 2.75) is 6.04 Å². The molecule has 0 aliphatic carbocycles. The first-order valence-electron chi connectivity index (χ1n) is 11.5. The Morgan fingerprint density at radius 3 is 2.37 bits per heavy atom. The van der Waals surface area contributed by atoms with Crippen molar-refractivity contribution < 1.29 is 9.59 Å². The Hall–Kier alpha value is -4.46. The minimum absolute atomic E-state index is 0.124. The molecule has 4 aromatic rings. The van der Waals surface area contributed by atoms with E-state index in [9.17, 15) is 9.59 Å². The van der Waals surface area contributed by atoms with Crippen molar-refractivity contribution in [3.05, 3.63) is 96.4 Å². The normalized spacial score (nSPS) is 14.5. The van der Waals surface area contributed by atoms with Gasteiger partial charge in [-0.1, -0.05) is 36.4 Å². The average molecular weight is 467 g/mol. The number of nitrogens with one attached hydrogen (secondary N) is 1. The Labute approximate surface area is 203 Å². The van der Waals surface area contributed by atoms with Gasteiger partial charge in [0.15, 0.2) is 0 Å². The number of aromatic nitrogens is 2. The molecule has 1 unspecified atom stereocenters. The first-order valence-corrected chi connectivity index (χ1v) is 11.5. The number of piperazine rings is 1. The third-order valence-electron chi connectivity index (χ3n) is 6.33. The summed E-state index contributed by atoms with van der Waals surface area (Å²) in [5.41, 5.74) is 8.26. The number of pyridine rings is 2. The van der Waals surface area contributed by atoms with Crippen LogP contribution in [0.2, 0.25) is 0 Å². The minimum Gasteiger partial charge on any atom is -0.383 e. The summed E-state index contributed by atoms with van der Waals surface area (Å²) in [5, 5.41) is 4.56. The van der Waals surface area contributed by atoms with Crippen LogP contribution >= 0.6 is 0 Å². The van der Waals surface area contributed by atoms with Gasteiger partial charge in [-0.25, -0.2) is 4.98 Å². The SMILES string of the molecule is Nc1nccc2ccc(C(=O)NC(C(=O)N3CCN(c4ccncc4)CC3)c3ccccc3)cc12. The van der Waals surface area contributed by atoms with E-state index in [1.807, 2.05) is 59.5 Å². The number of hydrogen-bond acceptors (Lipinski definition) is 6. The number of anilines is 2. The number of carbonyl (C=O) groups is 2. The topological polar surface area (TPSA) is 104 Å². The third-order valence-corrected chi connectivity index (χ3v) is 6.33. The molecule has 3 heterocycles. The Balaban J connectivity index is 1.35. The molecule has 1 aliphatic heterocycles. The summed E-state index contributed by atoms with van der Waals surface area (Å²) in [5.74, 6) is -0.103. The van der Waals surface area contributed by atoms with Gasteiger partial charge in [0.05, 0.1) is 0 Å². The van der Waals surface area contributed by atoms with E-state index < -0.39 is 6.04 Å². The Bertz CT molecular complexity index is 1340. The van der Waals surface area contributed by atoms with Crippen molar-refractivity contribution in [2.24, 2.45) is 0 Å². The van der Waals surface area contributed by atoms with Gasteiger partial charge in [-0.15, -0.1) is 0 Å². The van der Waals surface area contributed by atoms with Crippen LogP contribution < -0.4 is 16.0 Å². The Kier molecular flexibility index (Phi) is 6.26. The van der Waals surface area contributed by atoms with Gasteiger partial charge in [-0.2, -0.15) is 0 Å². The van der Waals surface area contributed by atoms with Gasteiger partial charge in [-0.05, 0) is 41.3 Å². The Morgan fingerprint density at radius 1 is 0.886 bits per heavy atom. The maximum atomic E-state index is 13.6. The summed E-state index contributed by atoms with van der Waals surface area (Å²) < 4.78 is 0. The molecule has 0 saturated carbocycles. The quantitative estimate of drug-likeness (QED) is 0.469. The Morgan fingerprint density at radius 2 is 1.63 bits per heavy atom. The number of nitrogen functional groups attached to an aromatic ring is 1. The summed E-state index contributed by atoms with van der Waals surface area (Å²) in [6.07, 6.45) is 5.17. The van der Waals surface area contributed by atoms with Crippen LogP contribution in [0.5, 0.6) is 0 Å². The molecule has 8 heteroatoms. The molecule has 0 bridgehead atoms. The first-order chi connectivity index (χ1) is 17.1. The predicted octanol–water partition coefficient (Wildman–Crippen LogP) is 3.03. The molecule has 1 saturated heterocycles. The fraction of sp³-hybridized carbons (Fsp3) is 0.185. The van der Waals surface area contributed by atoms with Crippen molar-refractivity contribution in [3.63, 3.8) is 0 Å². The van der Waals surface area contributed by atoms with Gasteiger partial charge in [0.1, 0.15) is 11.9 Å². The van der Waals surface area contributed by atoms with Crippen molar-refractivity contribution in [3.8, 4) is 0 Å². The molecule has 1 aliphatic rings. The van der Waals surface area contributed by atoms with Gasteiger partial charge in [0.2, 0.25) is 5.91 Å². The van der Waals surface area contributed by atoms with Crippen LogP contribution in [0.25, 0.3) is 10.8 Å². The molecule has 2 amide bonds. The van der Waals surface area contributed by atoms with E-state index in [1.54, 1.807) is 30.7 Å². The zero-order valence-electron chi connectivity index (χ0n) is 19.2. The number of fused-ring (bicyclic) bond motifs is 1. The second-order valence-electron chi connectivity index (χ2n) is 8.47. The number of hydrogen-bond donors (Lipinski definition) is 2. The molecule has 2 aromatic carbocycles. The number of rotatable bonds is 5. The molecule has 0 radical (unpaired) electrons.